The molecule has 0 bridgehead atoms. The number of ether oxygens (including phenoxy) is 2. The van der Waals surface area contributed by atoms with Crippen LogP contribution in [0.15, 0.2) is 18.2 Å². The number of halogens is 1. The van der Waals surface area contributed by atoms with Crippen LogP contribution in [0.2, 0.25) is 5.02 Å². The molecule has 0 saturated carbocycles. The second-order valence-corrected chi connectivity index (χ2v) is 5.87. The first-order chi connectivity index (χ1) is 9.65. The number of benzene rings is 1. The highest BCUT2D eigenvalue weighted by Gasteiger charge is 2.30. The Morgan fingerprint density at radius 1 is 1.50 bits per heavy atom. The van der Waals surface area contributed by atoms with Gasteiger partial charge in [0.2, 0.25) is 0 Å². The number of nitrogens with one attached hydrogen (secondary N) is 1. The summed E-state index contributed by atoms with van der Waals surface area (Å²) in [5.74, 6) is 1.24. The fourth-order valence-electron chi connectivity index (χ4n) is 2.81. The average molecular weight is 298 g/mol. The first-order valence-corrected chi connectivity index (χ1v) is 7.72. The van der Waals surface area contributed by atoms with E-state index < -0.39 is 0 Å². The Bertz CT molecular complexity index is 438. The SMILES string of the molecule is CCCNC(c1ccc(Cl)c(OC)c1)C1COC(C)C1. The van der Waals surface area contributed by atoms with Gasteiger partial charge in [-0.1, -0.05) is 24.6 Å². The van der Waals surface area contributed by atoms with Crippen LogP contribution in [0, 0.1) is 5.92 Å². The van der Waals surface area contributed by atoms with Crippen molar-refractivity contribution in [2.75, 3.05) is 20.3 Å². The highest BCUT2D eigenvalue weighted by molar-refractivity contribution is 6.32. The van der Waals surface area contributed by atoms with Gasteiger partial charge in [0.05, 0.1) is 24.8 Å². The van der Waals surface area contributed by atoms with Gasteiger partial charge < -0.3 is 14.8 Å². The summed E-state index contributed by atoms with van der Waals surface area (Å²) in [5.41, 5.74) is 1.22. The average Bonchev–Trinajstić information content (AvgIpc) is 2.87. The molecular weight excluding hydrogens is 274 g/mol. The van der Waals surface area contributed by atoms with Crippen LogP contribution in [0.3, 0.4) is 0 Å². The number of hydrogen-bond acceptors (Lipinski definition) is 3. The van der Waals surface area contributed by atoms with Gasteiger partial charge in [-0.15, -0.1) is 0 Å². The van der Waals surface area contributed by atoms with Crippen molar-refractivity contribution in [2.45, 2.75) is 38.8 Å². The van der Waals surface area contributed by atoms with Gasteiger partial charge in [0.1, 0.15) is 5.75 Å². The van der Waals surface area contributed by atoms with E-state index in [1.54, 1.807) is 7.11 Å². The summed E-state index contributed by atoms with van der Waals surface area (Å²) in [4.78, 5) is 0. The Morgan fingerprint density at radius 3 is 2.90 bits per heavy atom. The predicted molar refractivity (Wildman–Crippen MR) is 82.6 cm³/mol. The minimum atomic E-state index is 0.297. The van der Waals surface area contributed by atoms with Gasteiger partial charge >= 0.3 is 0 Å². The molecule has 1 heterocycles. The molecule has 3 atom stereocenters. The van der Waals surface area contributed by atoms with Crippen LogP contribution in [0.25, 0.3) is 0 Å². The predicted octanol–water partition coefficient (Wildman–Crippen LogP) is 3.81. The molecule has 4 heteroatoms. The summed E-state index contributed by atoms with van der Waals surface area (Å²) >= 11 is 6.12. The van der Waals surface area contributed by atoms with Crippen LogP contribution in [0.1, 0.15) is 38.3 Å². The summed E-state index contributed by atoms with van der Waals surface area (Å²) in [5, 5.41) is 4.29. The van der Waals surface area contributed by atoms with Crippen LogP contribution >= 0.6 is 11.6 Å². The third-order valence-electron chi connectivity index (χ3n) is 3.85. The molecule has 1 aliphatic heterocycles. The van der Waals surface area contributed by atoms with Crippen molar-refractivity contribution in [2.24, 2.45) is 5.92 Å². The second-order valence-electron chi connectivity index (χ2n) is 5.47. The molecule has 1 aromatic rings. The van der Waals surface area contributed by atoms with E-state index in [1.807, 2.05) is 12.1 Å². The molecule has 0 radical (unpaired) electrons. The van der Waals surface area contributed by atoms with E-state index in [0.717, 1.165) is 31.7 Å². The number of hydrogen-bond donors (Lipinski definition) is 1. The summed E-state index contributed by atoms with van der Waals surface area (Å²) < 4.78 is 11.1. The molecule has 3 unspecified atom stereocenters. The molecule has 0 aromatic heterocycles. The first kappa shape index (κ1) is 15.6. The lowest BCUT2D eigenvalue weighted by Crippen LogP contribution is -2.29. The van der Waals surface area contributed by atoms with Gasteiger partial charge in [0, 0.05) is 12.0 Å². The molecule has 3 nitrogen and oxygen atoms in total. The van der Waals surface area contributed by atoms with Crippen molar-refractivity contribution in [3.05, 3.63) is 28.8 Å². The smallest absolute Gasteiger partial charge is 0.137 e. The fraction of sp³-hybridized carbons (Fsp3) is 0.625. The van der Waals surface area contributed by atoms with Crippen molar-refractivity contribution < 1.29 is 9.47 Å². The molecule has 20 heavy (non-hydrogen) atoms. The van der Waals surface area contributed by atoms with Gasteiger partial charge in [-0.2, -0.15) is 0 Å². The lowest BCUT2D eigenvalue weighted by molar-refractivity contribution is 0.117. The molecule has 0 aliphatic carbocycles. The van der Waals surface area contributed by atoms with Gasteiger partial charge in [0.25, 0.3) is 0 Å². The largest absolute Gasteiger partial charge is 0.495 e. The van der Waals surface area contributed by atoms with Crippen molar-refractivity contribution in [3.8, 4) is 5.75 Å². The van der Waals surface area contributed by atoms with E-state index in [-0.39, 0.29) is 0 Å². The van der Waals surface area contributed by atoms with Crippen LogP contribution in [-0.4, -0.2) is 26.4 Å². The number of methoxy groups -OCH3 is 1. The number of rotatable bonds is 6. The fourth-order valence-corrected chi connectivity index (χ4v) is 3.00. The van der Waals surface area contributed by atoms with Gasteiger partial charge in [-0.05, 0) is 44.0 Å². The Balaban J connectivity index is 2.21. The maximum Gasteiger partial charge on any atom is 0.137 e. The Kier molecular flexibility index (Phi) is 5.70. The van der Waals surface area contributed by atoms with E-state index in [1.165, 1.54) is 5.56 Å². The van der Waals surface area contributed by atoms with Gasteiger partial charge in [0.15, 0.2) is 0 Å². The second kappa shape index (κ2) is 7.30. The van der Waals surface area contributed by atoms with Crippen LogP contribution < -0.4 is 10.1 Å². The normalized spacial score (nSPS) is 23.8. The van der Waals surface area contributed by atoms with Crippen molar-refractivity contribution in [1.29, 1.82) is 0 Å². The van der Waals surface area contributed by atoms with E-state index in [4.69, 9.17) is 21.1 Å². The van der Waals surface area contributed by atoms with Crippen molar-refractivity contribution in [1.82, 2.24) is 5.32 Å². The van der Waals surface area contributed by atoms with Gasteiger partial charge in [-0.25, -0.2) is 0 Å². The molecular formula is C16H24ClNO2. The van der Waals surface area contributed by atoms with Crippen LogP contribution in [0.4, 0.5) is 0 Å². The maximum atomic E-state index is 6.12. The summed E-state index contributed by atoms with van der Waals surface area (Å²) in [6, 6.07) is 6.33. The third-order valence-corrected chi connectivity index (χ3v) is 4.16. The highest BCUT2D eigenvalue weighted by Crippen LogP contribution is 2.35. The zero-order valence-corrected chi connectivity index (χ0v) is 13.2. The molecule has 1 aliphatic rings. The topological polar surface area (TPSA) is 30.5 Å². The Labute approximate surface area is 126 Å². The van der Waals surface area contributed by atoms with E-state index >= 15 is 0 Å². The lowest BCUT2D eigenvalue weighted by atomic mass is 9.90. The molecule has 1 saturated heterocycles. The Hall–Kier alpha value is -0.770. The van der Waals surface area contributed by atoms with Crippen LogP contribution in [-0.2, 0) is 4.74 Å². The molecule has 1 N–H and O–H groups in total. The molecule has 2 rings (SSSR count). The molecule has 1 aromatic carbocycles. The lowest BCUT2D eigenvalue weighted by Gasteiger charge is -2.25. The maximum absolute atomic E-state index is 6.12. The van der Waals surface area contributed by atoms with Crippen molar-refractivity contribution in [3.63, 3.8) is 0 Å². The summed E-state index contributed by atoms with van der Waals surface area (Å²) in [6.45, 7) is 6.13. The molecule has 1 fully saturated rings. The monoisotopic (exact) mass is 297 g/mol. The molecule has 0 amide bonds. The van der Waals surface area contributed by atoms with E-state index in [9.17, 15) is 0 Å². The first-order valence-electron chi connectivity index (χ1n) is 7.34. The van der Waals surface area contributed by atoms with Gasteiger partial charge in [-0.3, -0.25) is 0 Å². The summed E-state index contributed by atoms with van der Waals surface area (Å²) in [7, 11) is 1.65. The summed E-state index contributed by atoms with van der Waals surface area (Å²) in [6.07, 6.45) is 2.55. The quantitative estimate of drug-likeness (QED) is 0.866. The van der Waals surface area contributed by atoms with Crippen LogP contribution in [0.5, 0.6) is 5.75 Å². The zero-order valence-electron chi connectivity index (χ0n) is 12.5. The van der Waals surface area contributed by atoms with E-state index in [2.05, 4.69) is 25.2 Å². The van der Waals surface area contributed by atoms with Crippen molar-refractivity contribution >= 4 is 11.6 Å². The minimum absolute atomic E-state index is 0.297. The third kappa shape index (κ3) is 3.66. The Morgan fingerprint density at radius 2 is 2.30 bits per heavy atom. The highest BCUT2D eigenvalue weighted by atomic mass is 35.5. The minimum Gasteiger partial charge on any atom is -0.495 e. The molecule has 0 spiro atoms. The van der Waals surface area contributed by atoms with E-state index in [0.29, 0.717) is 23.1 Å². The zero-order chi connectivity index (χ0) is 14.5. The standard InChI is InChI=1S/C16H24ClNO2/c1-4-7-18-16(13-8-11(2)20-10-13)12-5-6-14(17)15(9-12)19-3/h5-6,9,11,13,16,18H,4,7-8,10H2,1-3H3. The molecule has 112 valence electrons.